The summed E-state index contributed by atoms with van der Waals surface area (Å²) >= 11 is 3.68. The van der Waals surface area contributed by atoms with Crippen LogP contribution in [0.15, 0.2) is 30.3 Å². The average molecular weight is 296 g/mol. The fourth-order valence-electron chi connectivity index (χ4n) is 2.20. The maximum absolute atomic E-state index is 3.68. The Labute approximate surface area is 113 Å². The lowest BCUT2D eigenvalue weighted by Gasteiger charge is -2.28. The van der Waals surface area contributed by atoms with Crippen LogP contribution < -0.4 is 4.90 Å². The third-order valence-corrected chi connectivity index (χ3v) is 4.86. The van der Waals surface area contributed by atoms with E-state index in [0.717, 1.165) is 5.33 Å². The lowest BCUT2D eigenvalue weighted by atomic mass is 10.1. The molecule has 0 N–H and O–H groups in total. The van der Waals surface area contributed by atoms with Gasteiger partial charge < -0.3 is 4.90 Å². The van der Waals surface area contributed by atoms with Crippen molar-refractivity contribution < 1.29 is 0 Å². The molecule has 0 unspecified atom stereocenters. The van der Waals surface area contributed by atoms with E-state index >= 15 is 0 Å². The van der Waals surface area contributed by atoms with E-state index in [1.807, 2.05) is 0 Å². The van der Waals surface area contributed by atoms with E-state index in [0.29, 0.717) is 5.41 Å². The van der Waals surface area contributed by atoms with E-state index in [1.54, 1.807) is 0 Å². The number of nitrogens with zero attached hydrogens (tertiary/aromatic N) is 1. The van der Waals surface area contributed by atoms with Crippen molar-refractivity contribution in [2.45, 2.75) is 32.6 Å². The minimum atomic E-state index is 0.559. The van der Waals surface area contributed by atoms with Crippen molar-refractivity contribution in [3.63, 3.8) is 0 Å². The summed E-state index contributed by atoms with van der Waals surface area (Å²) in [4.78, 5) is 2.57. The van der Waals surface area contributed by atoms with Gasteiger partial charge in [0.05, 0.1) is 0 Å². The summed E-state index contributed by atoms with van der Waals surface area (Å²) in [5.41, 5.74) is 1.94. The van der Waals surface area contributed by atoms with Gasteiger partial charge in [0, 0.05) is 24.1 Å². The van der Waals surface area contributed by atoms with Gasteiger partial charge in [0.1, 0.15) is 0 Å². The van der Waals surface area contributed by atoms with Crippen LogP contribution in [0, 0.1) is 5.41 Å². The Bertz CT molecular complexity index is 332. The van der Waals surface area contributed by atoms with Gasteiger partial charge in [-0.3, -0.25) is 0 Å². The maximum atomic E-state index is 3.68. The molecular weight excluding hydrogens is 274 g/mol. The largest absolute Gasteiger partial charge is 0.371 e. The molecule has 0 aromatic heterocycles. The first-order valence-corrected chi connectivity index (χ1v) is 7.78. The van der Waals surface area contributed by atoms with Gasteiger partial charge in [-0.1, -0.05) is 47.5 Å². The van der Waals surface area contributed by atoms with E-state index in [2.05, 4.69) is 58.1 Å². The zero-order valence-corrected chi connectivity index (χ0v) is 12.2. The molecule has 94 valence electrons. The van der Waals surface area contributed by atoms with Crippen LogP contribution in [-0.2, 0) is 0 Å². The van der Waals surface area contributed by atoms with Crippen LogP contribution in [-0.4, -0.2) is 18.4 Å². The van der Waals surface area contributed by atoms with Crippen LogP contribution in [0.5, 0.6) is 0 Å². The summed E-state index contributed by atoms with van der Waals surface area (Å²) in [6, 6.07) is 10.8. The molecule has 0 saturated heterocycles. The van der Waals surface area contributed by atoms with Gasteiger partial charge in [0.2, 0.25) is 0 Å². The molecule has 1 aliphatic carbocycles. The van der Waals surface area contributed by atoms with E-state index in [4.69, 9.17) is 0 Å². The van der Waals surface area contributed by atoms with E-state index < -0.39 is 0 Å². The topological polar surface area (TPSA) is 3.24 Å². The Morgan fingerprint density at radius 3 is 2.47 bits per heavy atom. The van der Waals surface area contributed by atoms with E-state index in [1.165, 1.54) is 44.5 Å². The third kappa shape index (κ3) is 3.48. The summed E-state index contributed by atoms with van der Waals surface area (Å²) in [5, 5.41) is 1.15. The molecule has 2 heteroatoms. The van der Waals surface area contributed by atoms with Crippen LogP contribution >= 0.6 is 15.9 Å². The van der Waals surface area contributed by atoms with Crippen LogP contribution in [0.3, 0.4) is 0 Å². The summed E-state index contributed by atoms with van der Waals surface area (Å²) < 4.78 is 0. The predicted molar refractivity (Wildman–Crippen MR) is 79.0 cm³/mol. The van der Waals surface area contributed by atoms with Crippen molar-refractivity contribution in [2.75, 3.05) is 23.3 Å². The predicted octanol–water partition coefficient (Wildman–Crippen LogP) is 4.47. The Balaban J connectivity index is 2.03. The molecule has 1 nitrogen and oxygen atoms in total. The number of benzene rings is 1. The highest BCUT2D eigenvalue weighted by molar-refractivity contribution is 9.09. The molecular formula is C15H22BrN. The lowest BCUT2D eigenvalue weighted by Crippen LogP contribution is -2.32. The molecule has 2 rings (SSSR count). The lowest BCUT2D eigenvalue weighted by molar-refractivity contribution is 0.553. The second kappa shape index (κ2) is 5.90. The summed E-state index contributed by atoms with van der Waals surface area (Å²) in [6.07, 6.45) is 5.32. The first kappa shape index (κ1) is 12.9. The fourth-order valence-corrected chi connectivity index (χ4v) is 2.94. The molecule has 0 atom stereocenters. The number of hydrogen-bond donors (Lipinski definition) is 0. The first-order chi connectivity index (χ1) is 8.29. The molecule has 1 aromatic carbocycles. The van der Waals surface area contributed by atoms with Crippen molar-refractivity contribution in [1.29, 1.82) is 0 Å². The number of rotatable bonds is 7. The highest BCUT2D eigenvalue weighted by atomic mass is 79.9. The SMILES string of the molecule is CCCCN(CC1(CBr)CC1)c1ccccc1. The van der Waals surface area contributed by atoms with E-state index in [-0.39, 0.29) is 0 Å². The van der Waals surface area contributed by atoms with Gasteiger partial charge in [-0.15, -0.1) is 0 Å². The maximum Gasteiger partial charge on any atom is 0.0366 e. The standard InChI is InChI=1S/C15H22BrN/c1-2-3-11-17(13-15(12-16)9-10-15)14-7-5-4-6-8-14/h4-8H,2-3,9-13H2,1H3. The first-order valence-electron chi connectivity index (χ1n) is 6.66. The van der Waals surface area contributed by atoms with Crippen molar-refractivity contribution in [2.24, 2.45) is 5.41 Å². The van der Waals surface area contributed by atoms with Gasteiger partial charge in [-0.25, -0.2) is 0 Å². The minimum absolute atomic E-state index is 0.559. The molecule has 1 aromatic rings. The Hall–Kier alpha value is -0.500. The highest BCUT2D eigenvalue weighted by Crippen LogP contribution is 2.48. The quantitative estimate of drug-likeness (QED) is 0.671. The second-order valence-corrected chi connectivity index (χ2v) is 5.81. The van der Waals surface area contributed by atoms with Gasteiger partial charge in [0.15, 0.2) is 0 Å². The molecule has 1 fully saturated rings. The van der Waals surface area contributed by atoms with E-state index in [9.17, 15) is 0 Å². The van der Waals surface area contributed by atoms with Crippen molar-refractivity contribution in [3.05, 3.63) is 30.3 Å². The number of unbranched alkanes of at least 4 members (excludes halogenated alkanes) is 1. The molecule has 0 spiro atoms. The Morgan fingerprint density at radius 2 is 1.94 bits per heavy atom. The van der Waals surface area contributed by atoms with Gasteiger partial charge in [-0.05, 0) is 36.8 Å². The number of alkyl halides is 1. The van der Waals surface area contributed by atoms with Crippen LogP contribution in [0.25, 0.3) is 0 Å². The molecule has 1 saturated carbocycles. The molecule has 0 bridgehead atoms. The van der Waals surface area contributed by atoms with Gasteiger partial charge >= 0.3 is 0 Å². The molecule has 0 heterocycles. The second-order valence-electron chi connectivity index (χ2n) is 5.24. The minimum Gasteiger partial charge on any atom is -0.371 e. The molecule has 1 aliphatic rings. The summed E-state index contributed by atoms with van der Waals surface area (Å²) in [5.74, 6) is 0. The third-order valence-electron chi connectivity index (χ3n) is 3.67. The number of halogens is 1. The zero-order chi connectivity index (χ0) is 12.1. The fraction of sp³-hybridized carbons (Fsp3) is 0.600. The molecule has 0 amide bonds. The summed E-state index contributed by atoms with van der Waals surface area (Å²) in [7, 11) is 0. The van der Waals surface area contributed by atoms with Crippen LogP contribution in [0.1, 0.15) is 32.6 Å². The number of anilines is 1. The molecule has 0 aliphatic heterocycles. The van der Waals surface area contributed by atoms with Gasteiger partial charge in [-0.2, -0.15) is 0 Å². The molecule has 0 radical (unpaired) electrons. The van der Waals surface area contributed by atoms with Crippen molar-refractivity contribution in [1.82, 2.24) is 0 Å². The average Bonchev–Trinajstić information content (AvgIpc) is 3.16. The Morgan fingerprint density at radius 1 is 1.24 bits per heavy atom. The Kier molecular flexibility index (Phi) is 4.49. The molecule has 17 heavy (non-hydrogen) atoms. The van der Waals surface area contributed by atoms with Crippen LogP contribution in [0.2, 0.25) is 0 Å². The van der Waals surface area contributed by atoms with Gasteiger partial charge in [0.25, 0.3) is 0 Å². The zero-order valence-electron chi connectivity index (χ0n) is 10.7. The summed E-state index contributed by atoms with van der Waals surface area (Å²) in [6.45, 7) is 4.66. The smallest absolute Gasteiger partial charge is 0.0366 e. The van der Waals surface area contributed by atoms with Crippen molar-refractivity contribution in [3.8, 4) is 0 Å². The number of hydrogen-bond acceptors (Lipinski definition) is 1. The number of para-hydroxylation sites is 1. The van der Waals surface area contributed by atoms with Crippen molar-refractivity contribution >= 4 is 21.6 Å². The highest BCUT2D eigenvalue weighted by Gasteiger charge is 2.42. The van der Waals surface area contributed by atoms with Crippen LogP contribution in [0.4, 0.5) is 5.69 Å². The monoisotopic (exact) mass is 295 g/mol. The normalized spacial score (nSPS) is 16.8.